The first-order chi connectivity index (χ1) is 20.1. The van der Waals surface area contributed by atoms with Crippen molar-refractivity contribution >= 4 is 29.2 Å². The highest BCUT2D eigenvalue weighted by molar-refractivity contribution is 6.04. The molecule has 42 heavy (non-hydrogen) atoms. The molecule has 0 unspecified atom stereocenters. The van der Waals surface area contributed by atoms with Gasteiger partial charge in [0.05, 0.1) is 18.2 Å². The standard InChI is InChI=1S/C28H26F3N7O4/c1-2-41-20-11-15(26(39)35-21-12-17(7-8-33-21)28(29,30)31)4-6-19(20)22-23-24(32)34-9-10-37(23)25(36-22)16-3-5-18-14-42-27(40)38(18)13-16/h4,6-12,16,18H,2-3,5,13-14H2,1H3,(H2,32,34)(H,33,35,39)/t16-,18+/m0/s1. The third-order valence-electron chi connectivity index (χ3n) is 7.44. The van der Waals surface area contributed by atoms with Crippen LogP contribution in [0.5, 0.6) is 5.75 Å². The maximum atomic E-state index is 13.1. The summed E-state index contributed by atoms with van der Waals surface area (Å²) in [7, 11) is 0. The molecule has 4 aromatic rings. The summed E-state index contributed by atoms with van der Waals surface area (Å²) in [4.78, 5) is 40.0. The highest BCUT2D eigenvalue weighted by Gasteiger charge is 2.40. The zero-order chi connectivity index (χ0) is 29.6. The van der Waals surface area contributed by atoms with E-state index in [-0.39, 0.29) is 41.9 Å². The molecule has 5 heterocycles. The van der Waals surface area contributed by atoms with E-state index in [1.165, 1.54) is 12.1 Å². The molecule has 0 spiro atoms. The van der Waals surface area contributed by atoms with Crippen LogP contribution in [0.25, 0.3) is 16.8 Å². The molecule has 0 saturated carbocycles. The minimum absolute atomic E-state index is 0.0561. The van der Waals surface area contributed by atoms with Crippen LogP contribution in [0.15, 0.2) is 48.9 Å². The van der Waals surface area contributed by atoms with E-state index in [0.717, 1.165) is 31.2 Å². The van der Waals surface area contributed by atoms with Crippen molar-refractivity contribution in [1.29, 1.82) is 0 Å². The van der Waals surface area contributed by atoms with E-state index < -0.39 is 17.6 Å². The zero-order valence-corrected chi connectivity index (χ0v) is 22.4. The second kappa shape index (κ2) is 10.5. The summed E-state index contributed by atoms with van der Waals surface area (Å²) in [5.74, 6) is 0.268. The van der Waals surface area contributed by atoms with Crippen molar-refractivity contribution in [2.24, 2.45) is 0 Å². The normalized spacial score (nSPS) is 18.6. The number of anilines is 2. The lowest BCUT2D eigenvalue weighted by molar-refractivity contribution is -0.137. The van der Waals surface area contributed by atoms with E-state index >= 15 is 0 Å². The number of amides is 2. The van der Waals surface area contributed by atoms with Crippen LogP contribution in [-0.4, -0.2) is 62.1 Å². The van der Waals surface area contributed by atoms with Crippen LogP contribution >= 0.6 is 0 Å². The largest absolute Gasteiger partial charge is 0.493 e. The Hall–Kier alpha value is -4.88. The number of pyridine rings is 1. The van der Waals surface area contributed by atoms with Crippen molar-refractivity contribution in [3.63, 3.8) is 0 Å². The molecule has 3 aromatic heterocycles. The van der Waals surface area contributed by atoms with Gasteiger partial charge in [-0.1, -0.05) is 0 Å². The minimum atomic E-state index is -4.58. The van der Waals surface area contributed by atoms with Gasteiger partial charge < -0.3 is 25.4 Å². The molecule has 6 rings (SSSR count). The third kappa shape index (κ3) is 4.92. The van der Waals surface area contributed by atoms with E-state index in [1.54, 1.807) is 30.3 Å². The summed E-state index contributed by atoms with van der Waals surface area (Å²) in [6.45, 7) is 2.88. The van der Waals surface area contributed by atoms with Crippen LogP contribution in [0.4, 0.5) is 29.6 Å². The van der Waals surface area contributed by atoms with Crippen LogP contribution in [-0.2, 0) is 10.9 Å². The number of hydrogen-bond donors (Lipinski definition) is 2. The van der Waals surface area contributed by atoms with Gasteiger partial charge in [-0.2, -0.15) is 13.2 Å². The number of hydrogen-bond acceptors (Lipinski definition) is 8. The number of nitrogen functional groups attached to an aromatic ring is 1. The van der Waals surface area contributed by atoms with Crippen molar-refractivity contribution in [2.45, 2.75) is 37.9 Å². The number of aromatic nitrogens is 4. The summed E-state index contributed by atoms with van der Waals surface area (Å²) in [6.07, 6.45) is 0.968. The number of nitrogens with two attached hydrogens (primary N) is 1. The Bertz CT molecular complexity index is 1690. The second-order valence-electron chi connectivity index (χ2n) is 10.0. The highest BCUT2D eigenvalue weighted by Crippen LogP contribution is 2.39. The number of cyclic esters (lactones) is 1. The lowest BCUT2D eigenvalue weighted by atomic mass is 9.93. The molecule has 0 bridgehead atoms. The fourth-order valence-corrected chi connectivity index (χ4v) is 5.45. The number of alkyl halides is 3. The first-order valence-electron chi connectivity index (χ1n) is 13.3. The molecule has 218 valence electrons. The van der Waals surface area contributed by atoms with Crippen molar-refractivity contribution in [1.82, 2.24) is 24.3 Å². The van der Waals surface area contributed by atoms with E-state index in [1.807, 2.05) is 4.40 Å². The van der Waals surface area contributed by atoms with Gasteiger partial charge in [-0.3, -0.25) is 9.20 Å². The number of carbonyl (C=O) groups is 2. The predicted molar refractivity (Wildman–Crippen MR) is 145 cm³/mol. The van der Waals surface area contributed by atoms with Gasteiger partial charge >= 0.3 is 12.3 Å². The maximum absolute atomic E-state index is 13.1. The molecule has 0 aliphatic carbocycles. The number of piperidine rings is 1. The zero-order valence-electron chi connectivity index (χ0n) is 22.4. The van der Waals surface area contributed by atoms with Gasteiger partial charge in [0, 0.05) is 42.2 Å². The maximum Gasteiger partial charge on any atom is 0.416 e. The van der Waals surface area contributed by atoms with Gasteiger partial charge in [-0.05, 0) is 50.1 Å². The van der Waals surface area contributed by atoms with Crippen molar-refractivity contribution in [3.05, 3.63) is 65.9 Å². The lowest BCUT2D eigenvalue weighted by Gasteiger charge is -2.31. The van der Waals surface area contributed by atoms with Crippen molar-refractivity contribution in [2.75, 3.05) is 30.8 Å². The molecule has 2 atom stereocenters. The molecule has 2 aliphatic rings. The molecule has 2 aliphatic heterocycles. The quantitative estimate of drug-likeness (QED) is 0.333. The molecular weight excluding hydrogens is 555 g/mol. The van der Waals surface area contributed by atoms with Crippen LogP contribution < -0.4 is 15.8 Å². The Labute approximate surface area is 237 Å². The first kappa shape index (κ1) is 27.3. The van der Waals surface area contributed by atoms with E-state index in [2.05, 4.69) is 15.3 Å². The third-order valence-corrected chi connectivity index (χ3v) is 7.44. The summed E-state index contributed by atoms with van der Waals surface area (Å²) >= 11 is 0. The fourth-order valence-electron chi connectivity index (χ4n) is 5.45. The van der Waals surface area contributed by atoms with E-state index in [9.17, 15) is 22.8 Å². The van der Waals surface area contributed by atoms with Gasteiger partial charge in [0.2, 0.25) is 0 Å². The van der Waals surface area contributed by atoms with Crippen LogP contribution in [0, 0.1) is 0 Å². The number of ether oxygens (including phenoxy) is 2. The topological polar surface area (TPSA) is 137 Å². The molecule has 2 amide bonds. The predicted octanol–water partition coefficient (Wildman–Crippen LogP) is 4.74. The summed E-state index contributed by atoms with van der Waals surface area (Å²) in [6, 6.07) is 6.30. The number of nitrogens with one attached hydrogen (secondary N) is 1. The Morgan fingerprint density at radius 1 is 1.19 bits per heavy atom. The minimum Gasteiger partial charge on any atom is -0.493 e. The monoisotopic (exact) mass is 581 g/mol. The number of benzene rings is 1. The van der Waals surface area contributed by atoms with Gasteiger partial charge in [-0.25, -0.2) is 19.7 Å². The SMILES string of the molecule is CCOc1cc(C(=O)Nc2cc(C(F)(F)F)ccn2)ccc1-c1nc([C@H]2CC[C@@H]3COC(=O)N3C2)n2ccnc(N)c12. The first-order valence-corrected chi connectivity index (χ1v) is 13.3. The van der Waals surface area contributed by atoms with Crippen LogP contribution in [0.3, 0.4) is 0 Å². The molecule has 1 aromatic carbocycles. The Morgan fingerprint density at radius 2 is 2.02 bits per heavy atom. The number of carbonyl (C=O) groups excluding carboxylic acids is 2. The second-order valence-corrected chi connectivity index (χ2v) is 10.0. The highest BCUT2D eigenvalue weighted by atomic mass is 19.4. The van der Waals surface area contributed by atoms with E-state index in [0.29, 0.717) is 41.5 Å². The van der Waals surface area contributed by atoms with Crippen LogP contribution in [0.2, 0.25) is 0 Å². The number of rotatable bonds is 6. The number of imidazole rings is 1. The smallest absolute Gasteiger partial charge is 0.416 e. The molecule has 2 fully saturated rings. The average molecular weight is 582 g/mol. The molecule has 2 saturated heterocycles. The lowest BCUT2D eigenvalue weighted by Crippen LogP contribution is -2.41. The molecular formula is C28H26F3N7O4. The van der Waals surface area contributed by atoms with Gasteiger partial charge in [0.15, 0.2) is 0 Å². The Balaban J connectivity index is 1.36. The van der Waals surface area contributed by atoms with Gasteiger partial charge in [-0.15, -0.1) is 0 Å². The molecule has 14 heteroatoms. The Morgan fingerprint density at radius 3 is 2.81 bits per heavy atom. The molecule has 3 N–H and O–H groups in total. The molecule has 0 radical (unpaired) electrons. The summed E-state index contributed by atoms with van der Waals surface area (Å²) in [5.41, 5.74) is 7.11. The van der Waals surface area contributed by atoms with Crippen LogP contribution in [0.1, 0.15) is 47.4 Å². The number of nitrogens with zero attached hydrogens (tertiary/aromatic N) is 5. The molecule has 11 nitrogen and oxygen atoms in total. The Kier molecular flexibility index (Phi) is 6.83. The van der Waals surface area contributed by atoms with E-state index in [4.69, 9.17) is 20.2 Å². The summed E-state index contributed by atoms with van der Waals surface area (Å²) < 4.78 is 52.3. The van der Waals surface area contributed by atoms with Gasteiger partial charge in [0.1, 0.15) is 41.0 Å². The van der Waals surface area contributed by atoms with Gasteiger partial charge in [0.25, 0.3) is 5.91 Å². The van der Waals surface area contributed by atoms with Crippen molar-refractivity contribution < 1.29 is 32.2 Å². The fraction of sp³-hybridized carbons (Fsp3) is 0.321. The summed E-state index contributed by atoms with van der Waals surface area (Å²) in [5, 5.41) is 2.41. The number of halogens is 3. The van der Waals surface area contributed by atoms with Crippen molar-refractivity contribution in [3.8, 4) is 17.0 Å². The average Bonchev–Trinajstić information content (AvgIpc) is 3.54. The number of fused-ring (bicyclic) bond motifs is 2.